The van der Waals surface area contributed by atoms with Crippen LogP contribution in [0.4, 0.5) is 0 Å². The Hall–Kier alpha value is -0.530. The van der Waals surface area contributed by atoms with Crippen LogP contribution in [0.15, 0.2) is 0 Å². The number of nitrogens with zero attached hydrogens (tertiary/aromatic N) is 1. The number of hydrogen-bond donors (Lipinski definition) is 0. The second-order valence-corrected chi connectivity index (χ2v) is 8.49. The van der Waals surface area contributed by atoms with Crippen LogP contribution in [-0.2, 0) is 4.79 Å². The van der Waals surface area contributed by atoms with Crippen molar-refractivity contribution in [2.75, 3.05) is 13.1 Å². The SMILES string of the molecule is CCCCCCCCCCCCCCCCCC(=O)N1CCCCCC1. The summed E-state index contributed by atoms with van der Waals surface area (Å²) in [5, 5.41) is 0. The lowest BCUT2D eigenvalue weighted by Crippen LogP contribution is -2.31. The zero-order valence-electron chi connectivity index (χ0n) is 17.9. The number of amides is 1. The van der Waals surface area contributed by atoms with Crippen LogP contribution in [0.25, 0.3) is 0 Å². The first-order valence-corrected chi connectivity index (χ1v) is 12.1. The molecule has 0 spiro atoms. The van der Waals surface area contributed by atoms with Crippen molar-refractivity contribution < 1.29 is 4.79 Å². The molecule has 0 aromatic heterocycles. The number of rotatable bonds is 16. The van der Waals surface area contributed by atoms with E-state index in [2.05, 4.69) is 11.8 Å². The first-order chi connectivity index (χ1) is 12.8. The molecule has 1 aliphatic heterocycles. The minimum absolute atomic E-state index is 0.418. The fraction of sp³-hybridized carbons (Fsp3) is 0.958. The summed E-state index contributed by atoms with van der Waals surface area (Å²) < 4.78 is 0. The lowest BCUT2D eigenvalue weighted by atomic mass is 10.0. The molecule has 0 aromatic rings. The van der Waals surface area contributed by atoms with Gasteiger partial charge in [0.15, 0.2) is 0 Å². The number of carbonyl (C=O) groups excluding carboxylic acids is 1. The van der Waals surface area contributed by atoms with Gasteiger partial charge in [0.05, 0.1) is 0 Å². The highest BCUT2D eigenvalue weighted by atomic mass is 16.2. The third-order valence-corrected chi connectivity index (χ3v) is 5.95. The molecular weight excluding hydrogens is 318 g/mol. The Kier molecular flexibility index (Phi) is 16.2. The Morgan fingerprint density at radius 2 is 0.962 bits per heavy atom. The van der Waals surface area contributed by atoms with Crippen molar-refractivity contribution in [1.82, 2.24) is 4.90 Å². The van der Waals surface area contributed by atoms with E-state index in [-0.39, 0.29) is 0 Å². The highest BCUT2D eigenvalue weighted by Crippen LogP contribution is 2.15. The molecule has 1 heterocycles. The van der Waals surface area contributed by atoms with E-state index in [4.69, 9.17) is 0 Å². The van der Waals surface area contributed by atoms with Gasteiger partial charge in [0.2, 0.25) is 5.91 Å². The summed E-state index contributed by atoms with van der Waals surface area (Å²) in [6, 6.07) is 0. The van der Waals surface area contributed by atoms with E-state index >= 15 is 0 Å². The molecular formula is C24H47NO. The molecule has 26 heavy (non-hydrogen) atoms. The van der Waals surface area contributed by atoms with Crippen LogP contribution in [-0.4, -0.2) is 23.9 Å². The minimum atomic E-state index is 0.418. The van der Waals surface area contributed by atoms with Crippen molar-refractivity contribution in [3.05, 3.63) is 0 Å². The van der Waals surface area contributed by atoms with Gasteiger partial charge in [-0.3, -0.25) is 4.79 Å². The van der Waals surface area contributed by atoms with Crippen molar-refractivity contribution in [3.63, 3.8) is 0 Å². The van der Waals surface area contributed by atoms with Crippen LogP contribution in [0.3, 0.4) is 0 Å². The molecule has 0 bridgehead atoms. The average Bonchev–Trinajstić information content (AvgIpc) is 2.94. The quantitative estimate of drug-likeness (QED) is 0.257. The van der Waals surface area contributed by atoms with Crippen LogP contribution < -0.4 is 0 Å². The van der Waals surface area contributed by atoms with Gasteiger partial charge < -0.3 is 4.90 Å². The van der Waals surface area contributed by atoms with Crippen LogP contribution in [0.1, 0.15) is 135 Å². The van der Waals surface area contributed by atoms with Crippen molar-refractivity contribution in [2.24, 2.45) is 0 Å². The topological polar surface area (TPSA) is 20.3 Å². The lowest BCUT2D eigenvalue weighted by Gasteiger charge is -2.20. The van der Waals surface area contributed by atoms with Gasteiger partial charge in [-0.25, -0.2) is 0 Å². The standard InChI is InChI=1S/C24H47NO/c1-2-3-4-5-6-7-8-9-10-11-12-13-14-15-18-21-24(26)25-22-19-16-17-20-23-25/h2-23H2,1H3. The smallest absolute Gasteiger partial charge is 0.222 e. The molecule has 1 rings (SSSR count). The highest BCUT2D eigenvalue weighted by Gasteiger charge is 2.14. The largest absolute Gasteiger partial charge is 0.343 e. The third-order valence-electron chi connectivity index (χ3n) is 5.95. The Labute approximate surface area is 164 Å². The summed E-state index contributed by atoms with van der Waals surface area (Å²) >= 11 is 0. The van der Waals surface area contributed by atoms with E-state index in [1.807, 2.05) is 0 Å². The fourth-order valence-electron chi connectivity index (χ4n) is 4.13. The summed E-state index contributed by atoms with van der Waals surface area (Å²) in [7, 11) is 0. The van der Waals surface area contributed by atoms with Crippen molar-refractivity contribution >= 4 is 5.91 Å². The predicted molar refractivity (Wildman–Crippen MR) is 115 cm³/mol. The molecule has 0 aromatic carbocycles. The Morgan fingerprint density at radius 3 is 1.38 bits per heavy atom. The van der Waals surface area contributed by atoms with Gasteiger partial charge in [0.1, 0.15) is 0 Å². The molecule has 0 saturated carbocycles. The minimum Gasteiger partial charge on any atom is -0.343 e. The molecule has 0 radical (unpaired) electrons. The van der Waals surface area contributed by atoms with Crippen molar-refractivity contribution in [3.8, 4) is 0 Å². The van der Waals surface area contributed by atoms with E-state index in [1.54, 1.807) is 0 Å². The molecule has 2 nitrogen and oxygen atoms in total. The zero-order chi connectivity index (χ0) is 18.7. The van der Waals surface area contributed by atoms with E-state index in [0.717, 1.165) is 25.9 Å². The Morgan fingerprint density at radius 1 is 0.577 bits per heavy atom. The van der Waals surface area contributed by atoms with Gasteiger partial charge in [-0.1, -0.05) is 110 Å². The van der Waals surface area contributed by atoms with E-state index < -0.39 is 0 Å². The normalized spacial score (nSPS) is 15.2. The molecule has 0 N–H and O–H groups in total. The number of unbranched alkanes of at least 4 members (excludes halogenated alkanes) is 14. The van der Waals surface area contributed by atoms with Gasteiger partial charge in [-0.2, -0.15) is 0 Å². The number of likely N-dealkylation sites (tertiary alicyclic amines) is 1. The molecule has 0 aliphatic carbocycles. The van der Waals surface area contributed by atoms with Gasteiger partial charge in [-0.05, 0) is 19.3 Å². The third kappa shape index (κ3) is 13.6. The number of hydrogen-bond acceptors (Lipinski definition) is 1. The lowest BCUT2D eigenvalue weighted by molar-refractivity contribution is -0.131. The summed E-state index contributed by atoms with van der Waals surface area (Å²) in [4.78, 5) is 14.3. The maximum Gasteiger partial charge on any atom is 0.222 e. The second-order valence-electron chi connectivity index (χ2n) is 8.49. The summed E-state index contributed by atoms with van der Waals surface area (Å²) in [6.45, 7) is 4.31. The van der Waals surface area contributed by atoms with E-state index in [1.165, 1.54) is 116 Å². The van der Waals surface area contributed by atoms with Crippen molar-refractivity contribution in [1.29, 1.82) is 0 Å². The predicted octanol–water partition coefficient (Wildman–Crippen LogP) is 7.65. The Bertz CT molecular complexity index is 307. The summed E-state index contributed by atoms with van der Waals surface area (Å²) in [6.07, 6.45) is 26.6. The zero-order valence-corrected chi connectivity index (χ0v) is 17.9. The molecule has 1 saturated heterocycles. The summed E-state index contributed by atoms with van der Waals surface area (Å²) in [5.41, 5.74) is 0. The molecule has 0 atom stereocenters. The highest BCUT2D eigenvalue weighted by molar-refractivity contribution is 5.76. The van der Waals surface area contributed by atoms with Crippen LogP contribution in [0, 0.1) is 0 Å². The van der Waals surface area contributed by atoms with E-state index in [0.29, 0.717) is 5.91 Å². The molecule has 1 amide bonds. The average molecular weight is 366 g/mol. The monoisotopic (exact) mass is 365 g/mol. The molecule has 2 heteroatoms. The number of carbonyl (C=O) groups is 1. The fourth-order valence-corrected chi connectivity index (χ4v) is 4.13. The van der Waals surface area contributed by atoms with Crippen molar-refractivity contribution in [2.45, 2.75) is 135 Å². The van der Waals surface area contributed by atoms with Crippen LogP contribution in [0.2, 0.25) is 0 Å². The van der Waals surface area contributed by atoms with Gasteiger partial charge in [0, 0.05) is 19.5 Å². The van der Waals surface area contributed by atoms with Crippen LogP contribution >= 0.6 is 0 Å². The first kappa shape index (κ1) is 23.5. The van der Waals surface area contributed by atoms with Crippen LogP contribution in [0.5, 0.6) is 0 Å². The van der Waals surface area contributed by atoms with E-state index in [9.17, 15) is 4.79 Å². The molecule has 1 aliphatic rings. The van der Waals surface area contributed by atoms with Gasteiger partial charge >= 0.3 is 0 Å². The van der Waals surface area contributed by atoms with Gasteiger partial charge in [-0.15, -0.1) is 0 Å². The first-order valence-electron chi connectivity index (χ1n) is 12.1. The van der Waals surface area contributed by atoms with Gasteiger partial charge in [0.25, 0.3) is 0 Å². The second kappa shape index (κ2) is 17.9. The maximum atomic E-state index is 12.2. The maximum absolute atomic E-state index is 12.2. The summed E-state index contributed by atoms with van der Waals surface area (Å²) in [5.74, 6) is 0.418. The Balaban J connectivity index is 1.77. The molecule has 1 fully saturated rings. The molecule has 0 unspecified atom stereocenters. The molecule has 154 valence electrons.